The van der Waals surface area contributed by atoms with Gasteiger partial charge < -0.3 is 9.15 Å². The monoisotopic (exact) mass is 456 g/mol. The number of halogens is 2. The lowest BCUT2D eigenvalue weighted by Crippen LogP contribution is -2.54. The van der Waals surface area contributed by atoms with E-state index in [0.717, 1.165) is 10.5 Å². The lowest BCUT2D eigenvalue weighted by molar-refractivity contribution is -0.122. The molecule has 0 bridgehead atoms. The molecule has 0 radical (unpaired) electrons. The predicted molar refractivity (Wildman–Crippen MR) is 116 cm³/mol. The van der Waals surface area contributed by atoms with Crippen LogP contribution >= 0.6 is 23.2 Å². The number of nitrogens with zero attached hydrogens (tertiary/aromatic N) is 1. The molecule has 9 heteroatoms. The number of ether oxygens (including phenoxy) is 1. The molecular weight excluding hydrogens is 443 g/mol. The summed E-state index contributed by atoms with van der Waals surface area (Å²) in [5.41, 5.74) is 0.703. The molecule has 1 saturated heterocycles. The predicted octanol–water partition coefficient (Wildman–Crippen LogP) is 4.93. The molecule has 1 aliphatic heterocycles. The third-order valence-electron chi connectivity index (χ3n) is 4.54. The second-order valence-corrected chi connectivity index (χ2v) is 7.33. The second kappa shape index (κ2) is 8.29. The maximum Gasteiger partial charge on any atom is 0.335 e. The number of furan rings is 1. The van der Waals surface area contributed by atoms with Crippen molar-refractivity contribution >= 4 is 52.8 Å². The summed E-state index contributed by atoms with van der Waals surface area (Å²) in [6.45, 7) is 0. The number of rotatable bonds is 4. The molecule has 0 unspecified atom stereocenters. The molecule has 2 aromatic carbocycles. The standard InChI is InChI=1S/C22H14Cl2N2O5/c1-30-19-8-6-14(10-17(19)24)26-21(28)16(20(27)25-22(26)29)11-15-7-9-18(31-15)12-2-4-13(23)5-3-12/h2-11H,1H3,(H,25,27,29). The number of nitrogens with one attached hydrogen (secondary N) is 1. The van der Waals surface area contributed by atoms with Gasteiger partial charge in [-0.2, -0.15) is 0 Å². The quantitative estimate of drug-likeness (QED) is 0.444. The molecule has 0 saturated carbocycles. The molecular formula is C22H14Cl2N2O5. The average molecular weight is 457 g/mol. The number of barbiturate groups is 1. The Labute approximate surface area is 186 Å². The molecule has 1 N–H and O–H groups in total. The van der Waals surface area contributed by atoms with Crippen LogP contribution in [0.5, 0.6) is 5.75 Å². The highest BCUT2D eigenvalue weighted by atomic mass is 35.5. The van der Waals surface area contributed by atoms with Gasteiger partial charge >= 0.3 is 6.03 Å². The highest BCUT2D eigenvalue weighted by molar-refractivity contribution is 6.39. The molecule has 1 aromatic heterocycles. The highest BCUT2D eigenvalue weighted by Crippen LogP contribution is 2.31. The third kappa shape index (κ3) is 4.05. The lowest BCUT2D eigenvalue weighted by atomic mass is 10.1. The summed E-state index contributed by atoms with van der Waals surface area (Å²) < 4.78 is 10.8. The van der Waals surface area contributed by atoms with Crippen LogP contribution in [0.15, 0.2) is 64.6 Å². The van der Waals surface area contributed by atoms with Crippen LogP contribution in [-0.4, -0.2) is 25.0 Å². The van der Waals surface area contributed by atoms with Gasteiger partial charge in [0.25, 0.3) is 11.8 Å². The van der Waals surface area contributed by atoms with Crippen molar-refractivity contribution in [1.82, 2.24) is 5.32 Å². The smallest absolute Gasteiger partial charge is 0.335 e. The Kier molecular flexibility index (Phi) is 5.54. The first-order chi connectivity index (χ1) is 14.9. The topological polar surface area (TPSA) is 88.8 Å². The zero-order valence-electron chi connectivity index (χ0n) is 16.0. The fourth-order valence-electron chi connectivity index (χ4n) is 3.03. The van der Waals surface area contributed by atoms with Crippen LogP contribution < -0.4 is 15.0 Å². The van der Waals surface area contributed by atoms with Gasteiger partial charge in [-0.15, -0.1) is 0 Å². The van der Waals surface area contributed by atoms with Gasteiger partial charge in [0.15, 0.2) is 0 Å². The van der Waals surface area contributed by atoms with Crippen molar-refractivity contribution in [2.45, 2.75) is 0 Å². The van der Waals surface area contributed by atoms with Crippen LogP contribution in [0.3, 0.4) is 0 Å². The number of methoxy groups -OCH3 is 1. The molecule has 0 atom stereocenters. The van der Waals surface area contributed by atoms with Crippen LogP contribution in [-0.2, 0) is 9.59 Å². The number of urea groups is 1. The van der Waals surface area contributed by atoms with E-state index in [1.54, 1.807) is 36.4 Å². The summed E-state index contributed by atoms with van der Waals surface area (Å²) in [5, 5.41) is 2.95. The number of carbonyl (C=O) groups is 3. The molecule has 4 amide bonds. The van der Waals surface area contributed by atoms with Crippen molar-refractivity contribution in [1.29, 1.82) is 0 Å². The summed E-state index contributed by atoms with van der Waals surface area (Å²) in [4.78, 5) is 38.5. The normalized spacial score (nSPS) is 15.4. The molecule has 3 aromatic rings. The second-order valence-electron chi connectivity index (χ2n) is 6.49. The van der Waals surface area contributed by atoms with Gasteiger partial charge in [-0.05, 0) is 60.7 Å². The van der Waals surface area contributed by atoms with E-state index in [9.17, 15) is 14.4 Å². The number of carbonyl (C=O) groups excluding carboxylic acids is 3. The van der Waals surface area contributed by atoms with E-state index in [0.29, 0.717) is 16.5 Å². The van der Waals surface area contributed by atoms with Crippen LogP contribution in [0.25, 0.3) is 17.4 Å². The molecule has 4 rings (SSSR count). The van der Waals surface area contributed by atoms with Gasteiger partial charge in [0.2, 0.25) is 0 Å². The molecule has 1 aliphatic rings. The van der Waals surface area contributed by atoms with E-state index >= 15 is 0 Å². The third-order valence-corrected chi connectivity index (χ3v) is 5.08. The number of imide groups is 2. The summed E-state index contributed by atoms with van der Waals surface area (Å²) in [7, 11) is 1.45. The van der Waals surface area contributed by atoms with Gasteiger partial charge in [-0.1, -0.05) is 23.2 Å². The maximum absolute atomic E-state index is 13.0. The van der Waals surface area contributed by atoms with Gasteiger partial charge in [-0.25, -0.2) is 9.69 Å². The Balaban J connectivity index is 1.66. The Bertz CT molecular complexity index is 1230. The average Bonchev–Trinajstić information content (AvgIpc) is 3.20. The van der Waals surface area contributed by atoms with Gasteiger partial charge in [0.1, 0.15) is 22.8 Å². The fourth-order valence-corrected chi connectivity index (χ4v) is 3.41. The number of anilines is 1. The summed E-state index contributed by atoms with van der Waals surface area (Å²) in [5.74, 6) is -0.449. The van der Waals surface area contributed by atoms with Gasteiger partial charge in [0, 0.05) is 10.6 Å². The van der Waals surface area contributed by atoms with Crippen molar-refractivity contribution in [3.63, 3.8) is 0 Å². The minimum Gasteiger partial charge on any atom is -0.495 e. The number of hydrogen-bond acceptors (Lipinski definition) is 5. The van der Waals surface area contributed by atoms with Gasteiger partial charge in [-0.3, -0.25) is 14.9 Å². The molecule has 0 spiro atoms. The molecule has 7 nitrogen and oxygen atoms in total. The molecule has 0 aliphatic carbocycles. The number of amides is 4. The Hall–Kier alpha value is -3.55. The Morgan fingerprint density at radius 3 is 2.42 bits per heavy atom. The number of benzene rings is 2. The first kappa shape index (κ1) is 20.7. The van der Waals surface area contributed by atoms with Crippen molar-refractivity contribution in [2.24, 2.45) is 0 Å². The maximum atomic E-state index is 13.0. The van der Waals surface area contributed by atoms with Crippen LogP contribution in [0, 0.1) is 0 Å². The van der Waals surface area contributed by atoms with E-state index in [1.807, 2.05) is 0 Å². The van der Waals surface area contributed by atoms with Crippen molar-refractivity contribution in [3.8, 4) is 17.1 Å². The SMILES string of the molecule is COc1ccc(N2C(=O)NC(=O)C(=Cc3ccc(-c4ccc(Cl)cc4)o3)C2=O)cc1Cl. The molecule has 2 heterocycles. The van der Waals surface area contributed by atoms with Gasteiger partial charge in [0.05, 0.1) is 17.8 Å². The Morgan fingerprint density at radius 1 is 1.00 bits per heavy atom. The first-order valence-corrected chi connectivity index (χ1v) is 9.74. The Morgan fingerprint density at radius 2 is 1.74 bits per heavy atom. The zero-order valence-corrected chi connectivity index (χ0v) is 17.5. The van der Waals surface area contributed by atoms with Crippen molar-refractivity contribution in [3.05, 3.63) is 76.0 Å². The van der Waals surface area contributed by atoms with Crippen LogP contribution in [0.2, 0.25) is 10.0 Å². The largest absolute Gasteiger partial charge is 0.495 e. The van der Waals surface area contributed by atoms with Crippen molar-refractivity contribution in [2.75, 3.05) is 12.0 Å². The van der Waals surface area contributed by atoms with Crippen molar-refractivity contribution < 1.29 is 23.5 Å². The fraction of sp³-hybridized carbons (Fsp3) is 0.0455. The first-order valence-electron chi connectivity index (χ1n) is 8.98. The van der Waals surface area contributed by atoms with E-state index in [4.69, 9.17) is 32.4 Å². The van der Waals surface area contributed by atoms with E-state index in [-0.39, 0.29) is 22.0 Å². The van der Waals surface area contributed by atoms with E-state index < -0.39 is 17.8 Å². The summed E-state index contributed by atoms with van der Waals surface area (Å²) in [6, 6.07) is 13.8. The minimum absolute atomic E-state index is 0.188. The number of hydrogen-bond donors (Lipinski definition) is 1. The summed E-state index contributed by atoms with van der Waals surface area (Å²) >= 11 is 12.0. The van der Waals surface area contributed by atoms with Crippen LogP contribution in [0.1, 0.15) is 5.76 Å². The lowest BCUT2D eigenvalue weighted by Gasteiger charge is -2.26. The molecule has 156 valence electrons. The molecule has 1 fully saturated rings. The van der Waals surface area contributed by atoms with E-state index in [1.165, 1.54) is 31.4 Å². The minimum atomic E-state index is -0.880. The van der Waals surface area contributed by atoms with Crippen LogP contribution in [0.4, 0.5) is 10.5 Å². The van der Waals surface area contributed by atoms with E-state index in [2.05, 4.69) is 5.32 Å². The zero-order chi connectivity index (χ0) is 22.1. The molecule has 31 heavy (non-hydrogen) atoms. The summed E-state index contributed by atoms with van der Waals surface area (Å²) in [6.07, 6.45) is 1.28. The highest BCUT2D eigenvalue weighted by Gasteiger charge is 2.37.